The average Bonchev–Trinajstić information content (AvgIpc) is 3.15. The highest BCUT2D eigenvalue weighted by Gasteiger charge is 2.25. The molecule has 0 amide bonds. The van der Waals surface area contributed by atoms with E-state index in [9.17, 15) is 0 Å². The van der Waals surface area contributed by atoms with E-state index in [1.165, 1.54) is 16.7 Å². The van der Waals surface area contributed by atoms with E-state index in [2.05, 4.69) is 68.7 Å². The Morgan fingerprint density at radius 1 is 1.04 bits per heavy atom. The van der Waals surface area contributed by atoms with Crippen molar-refractivity contribution in [1.29, 1.82) is 0 Å². The number of hydrogen-bond donors (Lipinski definition) is 1. The first kappa shape index (κ1) is 16.1. The molecule has 5 heteroatoms. The number of aromatic amines is 1. The van der Waals surface area contributed by atoms with Gasteiger partial charge in [-0.3, -0.25) is 5.10 Å². The SMILES string of the molecule is Cc1ccc(-c2ccc3c(c2)CN(C)CC3c2ccc3[nH]ncc3c2)nn1. The second-order valence-electron chi connectivity index (χ2n) is 7.44. The van der Waals surface area contributed by atoms with Crippen molar-refractivity contribution in [2.24, 2.45) is 0 Å². The number of rotatable bonds is 2. The fourth-order valence-corrected chi connectivity index (χ4v) is 4.02. The molecule has 5 rings (SSSR count). The molecule has 5 nitrogen and oxygen atoms in total. The fourth-order valence-electron chi connectivity index (χ4n) is 4.02. The number of aryl methyl sites for hydroxylation is 1. The van der Waals surface area contributed by atoms with Crippen molar-refractivity contribution in [2.75, 3.05) is 13.6 Å². The van der Waals surface area contributed by atoms with Crippen molar-refractivity contribution in [1.82, 2.24) is 25.3 Å². The lowest BCUT2D eigenvalue weighted by atomic mass is 9.83. The molecule has 27 heavy (non-hydrogen) atoms. The Morgan fingerprint density at radius 2 is 1.96 bits per heavy atom. The Balaban J connectivity index is 1.57. The molecule has 0 radical (unpaired) electrons. The molecular formula is C22H21N5. The van der Waals surface area contributed by atoms with Crippen LogP contribution in [0.2, 0.25) is 0 Å². The van der Waals surface area contributed by atoms with E-state index in [1.807, 2.05) is 25.3 Å². The highest BCUT2D eigenvalue weighted by atomic mass is 15.1. The maximum absolute atomic E-state index is 4.35. The molecule has 0 saturated carbocycles. The van der Waals surface area contributed by atoms with Gasteiger partial charge in [0.15, 0.2) is 0 Å². The zero-order chi connectivity index (χ0) is 18.4. The van der Waals surface area contributed by atoms with E-state index in [4.69, 9.17) is 0 Å². The molecular weight excluding hydrogens is 334 g/mol. The minimum Gasteiger partial charge on any atom is -0.301 e. The van der Waals surface area contributed by atoms with Crippen LogP contribution in [-0.4, -0.2) is 38.9 Å². The maximum Gasteiger partial charge on any atom is 0.0929 e. The molecule has 134 valence electrons. The van der Waals surface area contributed by atoms with Gasteiger partial charge in [0.05, 0.1) is 23.1 Å². The topological polar surface area (TPSA) is 57.7 Å². The molecule has 1 aliphatic heterocycles. The van der Waals surface area contributed by atoms with E-state index >= 15 is 0 Å². The summed E-state index contributed by atoms with van der Waals surface area (Å²) in [5, 5.41) is 16.9. The van der Waals surface area contributed by atoms with Gasteiger partial charge in [-0.15, -0.1) is 0 Å². The van der Waals surface area contributed by atoms with Gasteiger partial charge in [-0.05, 0) is 61.0 Å². The normalized spacial score (nSPS) is 17.2. The van der Waals surface area contributed by atoms with Crippen molar-refractivity contribution < 1.29 is 0 Å². The van der Waals surface area contributed by atoms with E-state index in [0.29, 0.717) is 5.92 Å². The molecule has 4 aromatic rings. The second kappa shape index (κ2) is 6.28. The summed E-state index contributed by atoms with van der Waals surface area (Å²) in [6.07, 6.45) is 1.89. The summed E-state index contributed by atoms with van der Waals surface area (Å²) in [6.45, 7) is 3.92. The quantitative estimate of drug-likeness (QED) is 0.592. The van der Waals surface area contributed by atoms with Crippen molar-refractivity contribution in [3.8, 4) is 11.3 Å². The standard InChI is InChI=1S/C22H21N5/c1-14-3-7-21(26-24-14)16-4-6-19-18(10-16)12-27(2)13-20(19)15-5-8-22-17(9-15)11-23-25-22/h3-11,20H,12-13H2,1-2H3,(H,23,25). The van der Waals surface area contributed by atoms with E-state index in [-0.39, 0.29) is 0 Å². The molecule has 1 aliphatic rings. The molecule has 1 N–H and O–H groups in total. The molecule has 0 saturated heterocycles. The highest BCUT2D eigenvalue weighted by Crippen LogP contribution is 2.35. The Morgan fingerprint density at radius 3 is 2.81 bits per heavy atom. The summed E-state index contributed by atoms with van der Waals surface area (Å²) in [5.41, 5.74) is 8.16. The van der Waals surface area contributed by atoms with Crippen LogP contribution in [0.15, 0.2) is 54.7 Å². The third-order valence-electron chi connectivity index (χ3n) is 5.41. The molecule has 0 spiro atoms. The summed E-state index contributed by atoms with van der Waals surface area (Å²) >= 11 is 0. The Hall–Kier alpha value is -3.05. The van der Waals surface area contributed by atoms with Crippen LogP contribution < -0.4 is 0 Å². The van der Waals surface area contributed by atoms with Crippen LogP contribution in [0.5, 0.6) is 0 Å². The second-order valence-corrected chi connectivity index (χ2v) is 7.44. The van der Waals surface area contributed by atoms with Gasteiger partial charge in [0.25, 0.3) is 0 Å². The number of fused-ring (bicyclic) bond motifs is 2. The van der Waals surface area contributed by atoms with Gasteiger partial charge in [0.1, 0.15) is 0 Å². The first-order chi connectivity index (χ1) is 13.2. The van der Waals surface area contributed by atoms with E-state index in [0.717, 1.165) is 40.9 Å². The first-order valence-corrected chi connectivity index (χ1v) is 9.22. The predicted molar refractivity (Wildman–Crippen MR) is 106 cm³/mol. The van der Waals surface area contributed by atoms with Gasteiger partial charge in [0, 0.05) is 30.0 Å². The number of benzene rings is 2. The van der Waals surface area contributed by atoms with Gasteiger partial charge in [0.2, 0.25) is 0 Å². The summed E-state index contributed by atoms with van der Waals surface area (Å²) < 4.78 is 0. The van der Waals surface area contributed by atoms with Gasteiger partial charge in [-0.1, -0.05) is 18.2 Å². The summed E-state index contributed by atoms with van der Waals surface area (Å²) in [4.78, 5) is 2.39. The third-order valence-corrected chi connectivity index (χ3v) is 5.41. The van der Waals surface area contributed by atoms with Crippen molar-refractivity contribution in [3.05, 3.63) is 77.1 Å². The third kappa shape index (κ3) is 2.90. The zero-order valence-electron chi connectivity index (χ0n) is 15.5. The van der Waals surface area contributed by atoms with Crippen molar-refractivity contribution in [3.63, 3.8) is 0 Å². The lowest BCUT2D eigenvalue weighted by molar-refractivity contribution is 0.295. The van der Waals surface area contributed by atoms with Crippen LogP contribution >= 0.6 is 0 Å². The van der Waals surface area contributed by atoms with Gasteiger partial charge < -0.3 is 4.90 Å². The number of likely N-dealkylation sites (N-methyl/N-ethyl adjacent to an activating group) is 1. The van der Waals surface area contributed by atoms with Crippen molar-refractivity contribution in [2.45, 2.75) is 19.4 Å². The number of H-pyrrole nitrogens is 1. The van der Waals surface area contributed by atoms with Crippen LogP contribution in [-0.2, 0) is 6.54 Å². The van der Waals surface area contributed by atoms with E-state index in [1.54, 1.807) is 0 Å². The zero-order valence-corrected chi connectivity index (χ0v) is 15.5. The van der Waals surface area contributed by atoms with E-state index < -0.39 is 0 Å². The maximum atomic E-state index is 4.35. The minimum absolute atomic E-state index is 0.358. The number of nitrogens with zero attached hydrogens (tertiary/aromatic N) is 4. The molecule has 0 aliphatic carbocycles. The summed E-state index contributed by atoms with van der Waals surface area (Å²) in [5.74, 6) is 0.358. The van der Waals surface area contributed by atoms with Crippen molar-refractivity contribution >= 4 is 10.9 Å². The Labute approximate surface area is 158 Å². The number of hydrogen-bond acceptors (Lipinski definition) is 4. The first-order valence-electron chi connectivity index (χ1n) is 9.22. The molecule has 2 aromatic carbocycles. The van der Waals surface area contributed by atoms with Crippen LogP contribution in [0.3, 0.4) is 0 Å². The Kier molecular flexibility index (Phi) is 3.76. The largest absolute Gasteiger partial charge is 0.301 e. The van der Waals surface area contributed by atoms with Gasteiger partial charge in [-0.2, -0.15) is 15.3 Å². The summed E-state index contributed by atoms with van der Waals surface area (Å²) in [6, 6.07) is 17.4. The smallest absolute Gasteiger partial charge is 0.0929 e. The molecule has 1 unspecified atom stereocenters. The van der Waals surface area contributed by atoms with Gasteiger partial charge in [-0.25, -0.2) is 0 Å². The lowest BCUT2D eigenvalue weighted by Crippen LogP contribution is -2.31. The van der Waals surface area contributed by atoms with Gasteiger partial charge >= 0.3 is 0 Å². The molecule has 0 fully saturated rings. The van der Waals surface area contributed by atoms with Crippen LogP contribution in [0.4, 0.5) is 0 Å². The fraction of sp³-hybridized carbons (Fsp3) is 0.227. The molecule has 1 atom stereocenters. The highest BCUT2D eigenvalue weighted by molar-refractivity contribution is 5.79. The van der Waals surface area contributed by atoms with Crippen LogP contribution in [0.1, 0.15) is 28.3 Å². The molecule has 2 aromatic heterocycles. The Bertz CT molecular complexity index is 1110. The monoisotopic (exact) mass is 355 g/mol. The molecule has 0 bridgehead atoms. The minimum atomic E-state index is 0.358. The molecule has 3 heterocycles. The average molecular weight is 355 g/mol. The van der Waals surface area contributed by atoms with Crippen LogP contribution in [0.25, 0.3) is 22.2 Å². The van der Waals surface area contributed by atoms with Crippen LogP contribution in [0, 0.1) is 6.92 Å². The predicted octanol–water partition coefficient (Wildman–Crippen LogP) is 3.91. The lowest BCUT2D eigenvalue weighted by Gasteiger charge is -2.33. The summed E-state index contributed by atoms with van der Waals surface area (Å²) in [7, 11) is 2.19. The number of nitrogens with one attached hydrogen (secondary N) is 1. The number of aromatic nitrogens is 4.